The second kappa shape index (κ2) is 11.0. The van der Waals surface area contributed by atoms with Crippen molar-refractivity contribution >= 4 is 50.9 Å². The standard InChI is InChI=1S/C22H26BrF2N3O6S/c1-22(2,3)35(33)27-17(13-10-11(23)4-5-14(13)24)16(25)18(29)15-19(30)26-21(32)28(20(15)31)12-6-8-34-9-7-12/h4-5,10,12,15-17,27H,6-9H2,1-3H3,(H,26,30,32)/t15?,16-,17+,35-/m1/s1. The van der Waals surface area contributed by atoms with E-state index in [-0.39, 0.29) is 18.8 Å². The number of alkyl halides is 1. The molecule has 0 spiro atoms. The average molecular weight is 578 g/mol. The summed E-state index contributed by atoms with van der Waals surface area (Å²) in [6, 6.07) is 0.217. The molecule has 2 N–H and O–H groups in total. The number of ether oxygens (including phenoxy) is 1. The van der Waals surface area contributed by atoms with E-state index in [1.165, 1.54) is 12.1 Å². The van der Waals surface area contributed by atoms with Gasteiger partial charge in [-0.1, -0.05) is 15.9 Å². The molecule has 2 aliphatic heterocycles. The van der Waals surface area contributed by atoms with Gasteiger partial charge in [0, 0.05) is 40.7 Å². The van der Waals surface area contributed by atoms with Crippen LogP contribution in [0.2, 0.25) is 0 Å². The van der Waals surface area contributed by atoms with Crippen LogP contribution < -0.4 is 10.0 Å². The second-order valence-corrected chi connectivity index (χ2v) is 12.1. The Morgan fingerprint density at radius 2 is 1.91 bits per heavy atom. The fourth-order valence-electron chi connectivity index (χ4n) is 3.78. The highest BCUT2D eigenvalue weighted by Gasteiger charge is 2.51. The number of Topliss-reactive ketones (excluding diaryl/α,β-unsaturated/α-hetero) is 1. The van der Waals surface area contributed by atoms with E-state index >= 15 is 4.39 Å². The number of halogens is 3. The topological polar surface area (TPSA) is 128 Å². The lowest BCUT2D eigenvalue weighted by molar-refractivity contribution is -0.151. The molecule has 9 nitrogen and oxygen atoms in total. The van der Waals surface area contributed by atoms with Crippen LogP contribution in [0.15, 0.2) is 22.7 Å². The Balaban J connectivity index is 1.95. The summed E-state index contributed by atoms with van der Waals surface area (Å²) in [5.74, 6) is -6.93. The van der Waals surface area contributed by atoms with E-state index in [9.17, 15) is 28.1 Å². The highest BCUT2D eigenvalue weighted by molar-refractivity contribution is 9.10. The van der Waals surface area contributed by atoms with Crippen molar-refractivity contribution in [1.82, 2.24) is 14.9 Å². The molecule has 192 valence electrons. The van der Waals surface area contributed by atoms with Crippen LogP contribution in [-0.4, -0.2) is 63.3 Å². The molecule has 2 fully saturated rings. The van der Waals surface area contributed by atoms with Gasteiger partial charge >= 0.3 is 6.03 Å². The van der Waals surface area contributed by atoms with Crippen LogP contribution in [-0.2, 0) is 30.5 Å². The maximum absolute atomic E-state index is 15.8. The monoisotopic (exact) mass is 577 g/mol. The largest absolute Gasteiger partial charge is 0.598 e. The number of amides is 4. The first kappa shape index (κ1) is 27.7. The number of barbiturate groups is 1. The molecule has 1 aromatic carbocycles. The van der Waals surface area contributed by atoms with Crippen LogP contribution in [0.3, 0.4) is 0 Å². The molecule has 3 rings (SSSR count). The van der Waals surface area contributed by atoms with Gasteiger partial charge in [-0.05, 0) is 51.8 Å². The van der Waals surface area contributed by atoms with E-state index in [2.05, 4.69) is 20.7 Å². The van der Waals surface area contributed by atoms with Crippen LogP contribution in [0, 0.1) is 11.7 Å². The summed E-state index contributed by atoms with van der Waals surface area (Å²) in [6.07, 6.45) is -2.05. The third kappa shape index (κ3) is 6.08. The number of ketones is 1. The molecule has 2 aliphatic rings. The van der Waals surface area contributed by atoms with Crippen molar-refractivity contribution in [2.75, 3.05) is 13.2 Å². The van der Waals surface area contributed by atoms with Crippen molar-refractivity contribution in [3.63, 3.8) is 0 Å². The third-order valence-corrected chi connectivity index (χ3v) is 7.76. The van der Waals surface area contributed by atoms with Gasteiger partial charge in [0.1, 0.15) is 16.6 Å². The molecule has 0 bridgehead atoms. The van der Waals surface area contributed by atoms with E-state index in [1.54, 1.807) is 20.8 Å². The van der Waals surface area contributed by atoms with Crippen LogP contribution in [0.5, 0.6) is 0 Å². The summed E-state index contributed by atoms with van der Waals surface area (Å²) in [7, 11) is 0. The number of rotatable bonds is 7. The van der Waals surface area contributed by atoms with Crippen molar-refractivity contribution in [2.45, 2.75) is 56.6 Å². The molecule has 4 atom stereocenters. The molecule has 0 aliphatic carbocycles. The minimum absolute atomic E-state index is 0.271. The first-order chi connectivity index (χ1) is 16.3. The summed E-state index contributed by atoms with van der Waals surface area (Å²) in [5, 5.41) is 1.94. The van der Waals surface area contributed by atoms with Gasteiger partial charge in [0.15, 0.2) is 17.9 Å². The Labute approximate surface area is 212 Å². The van der Waals surface area contributed by atoms with Crippen molar-refractivity contribution in [3.05, 3.63) is 34.1 Å². The van der Waals surface area contributed by atoms with Crippen molar-refractivity contribution < 1.29 is 37.2 Å². The lowest BCUT2D eigenvalue weighted by Crippen LogP contribution is -2.64. The highest BCUT2D eigenvalue weighted by atomic mass is 79.9. The molecule has 0 saturated carbocycles. The zero-order valence-corrected chi connectivity index (χ0v) is 21.7. The Morgan fingerprint density at radius 3 is 2.51 bits per heavy atom. The molecule has 1 unspecified atom stereocenters. The van der Waals surface area contributed by atoms with Gasteiger partial charge in [-0.3, -0.25) is 24.6 Å². The number of benzene rings is 1. The molecule has 2 heterocycles. The molecule has 4 amide bonds. The predicted molar refractivity (Wildman–Crippen MR) is 125 cm³/mol. The van der Waals surface area contributed by atoms with E-state index in [0.717, 1.165) is 11.0 Å². The van der Waals surface area contributed by atoms with Crippen LogP contribution in [0.1, 0.15) is 45.2 Å². The Morgan fingerprint density at radius 1 is 1.29 bits per heavy atom. The number of carbonyl (C=O) groups is 4. The molecule has 0 radical (unpaired) electrons. The lowest BCUT2D eigenvalue weighted by Gasteiger charge is -2.37. The Hall–Kier alpha value is -1.93. The summed E-state index contributed by atoms with van der Waals surface area (Å²) >= 11 is 1.21. The van der Waals surface area contributed by atoms with E-state index in [4.69, 9.17) is 4.74 Å². The molecule has 35 heavy (non-hydrogen) atoms. The minimum atomic E-state index is -2.64. The van der Waals surface area contributed by atoms with Gasteiger partial charge in [-0.25, -0.2) is 13.6 Å². The van der Waals surface area contributed by atoms with Gasteiger partial charge in [0.2, 0.25) is 5.91 Å². The predicted octanol–water partition coefficient (Wildman–Crippen LogP) is 2.46. The average Bonchev–Trinajstić information content (AvgIpc) is 2.78. The second-order valence-electron chi connectivity index (χ2n) is 9.23. The van der Waals surface area contributed by atoms with Crippen molar-refractivity contribution in [2.24, 2.45) is 5.92 Å². The van der Waals surface area contributed by atoms with Crippen molar-refractivity contribution in [3.8, 4) is 0 Å². The SMILES string of the molecule is CC(C)(C)[S@@+]([O-])N[C@@H](c1cc(Br)ccc1F)[C@@H](F)C(=O)C1C(=O)NC(=O)N(C2CCOCC2)C1=O. The Kier molecular flexibility index (Phi) is 8.69. The first-order valence-electron chi connectivity index (χ1n) is 10.9. The number of nitrogens with one attached hydrogen (secondary N) is 2. The maximum Gasteiger partial charge on any atom is 0.331 e. The number of hydrogen-bond acceptors (Lipinski definition) is 7. The third-order valence-electron chi connectivity index (χ3n) is 5.68. The minimum Gasteiger partial charge on any atom is -0.598 e. The summed E-state index contributed by atoms with van der Waals surface area (Å²) in [5.41, 5.74) is -0.321. The van der Waals surface area contributed by atoms with Crippen molar-refractivity contribution in [1.29, 1.82) is 0 Å². The van der Waals surface area contributed by atoms with E-state index < -0.39 is 69.7 Å². The van der Waals surface area contributed by atoms with Gasteiger partial charge in [-0.2, -0.15) is 0 Å². The summed E-state index contributed by atoms with van der Waals surface area (Å²) < 4.78 is 50.4. The summed E-state index contributed by atoms with van der Waals surface area (Å²) in [4.78, 5) is 51.9. The van der Waals surface area contributed by atoms with Gasteiger partial charge in [0.25, 0.3) is 5.91 Å². The smallest absolute Gasteiger partial charge is 0.331 e. The van der Waals surface area contributed by atoms with Gasteiger partial charge in [-0.15, -0.1) is 4.72 Å². The number of nitrogens with zero attached hydrogens (tertiary/aromatic N) is 1. The zero-order valence-electron chi connectivity index (χ0n) is 19.3. The van der Waals surface area contributed by atoms with Crippen LogP contribution in [0.4, 0.5) is 13.6 Å². The highest BCUT2D eigenvalue weighted by Crippen LogP contribution is 2.31. The molecule has 0 aromatic heterocycles. The normalized spacial score (nSPS) is 22.5. The number of hydrogen-bond donors (Lipinski definition) is 2. The molecule has 13 heteroatoms. The van der Waals surface area contributed by atoms with E-state index in [1.807, 2.05) is 5.32 Å². The molecule has 2 saturated heterocycles. The number of carbonyl (C=O) groups excluding carboxylic acids is 4. The van der Waals surface area contributed by atoms with Crippen LogP contribution in [0.25, 0.3) is 0 Å². The quantitative estimate of drug-likeness (QED) is 0.376. The molecular weight excluding hydrogens is 552 g/mol. The lowest BCUT2D eigenvalue weighted by atomic mass is 9.89. The number of urea groups is 1. The van der Waals surface area contributed by atoms with Crippen LogP contribution >= 0.6 is 15.9 Å². The van der Waals surface area contributed by atoms with E-state index in [0.29, 0.717) is 17.3 Å². The fraction of sp³-hybridized carbons (Fsp3) is 0.545. The zero-order chi connectivity index (χ0) is 26.1. The number of imide groups is 2. The first-order valence-corrected chi connectivity index (χ1v) is 12.8. The maximum atomic E-state index is 15.8. The molecular formula is C22H26BrF2N3O6S. The van der Waals surface area contributed by atoms with Gasteiger partial charge < -0.3 is 9.29 Å². The Bertz CT molecular complexity index is 1020. The molecule has 1 aromatic rings. The summed E-state index contributed by atoms with van der Waals surface area (Å²) in [6.45, 7) is 5.32. The fourth-order valence-corrected chi connectivity index (χ4v) is 4.99. The van der Waals surface area contributed by atoms with Gasteiger partial charge in [0.05, 0.1) is 0 Å².